The van der Waals surface area contributed by atoms with Gasteiger partial charge in [-0.1, -0.05) is 33.8 Å². The molecule has 2 saturated heterocycles. The zero-order valence-corrected chi connectivity index (χ0v) is 31.6. The average molecular weight is 669 g/mol. The standard InChI is InChI=1S/C37H68N2O8/c1-14-30-23(4)17-24(5)39(13)20-22(3)19-37(10,42)34(47-36-32(40)29(38(11)12)18-26(7)44-36)27(8)33(28(9)35(41)45-30)46-31-16-21(2)15-25(6)43-31/h17,21-22,24-34,36,40,42H,14-16,18-20H2,1-13H3/b23-17+/t21-,22-,24-,25+,26-,27+,28-,29+,30-,31+,32-,33+,34-,36+,37-/m1/s1. The van der Waals surface area contributed by atoms with Crippen LogP contribution in [0.15, 0.2) is 11.6 Å². The predicted octanol–water partition coefficient (Wildman–Crippen LogP) is 5.00. The minimum absolute atomic E-state index is 0.0195. The molecule has 0 amide bonds. The quantitative estimate of drug-likeness (QED) is 0.297. The Kier molecular flexibility index (Phi) is 14.8. The minimum atomic E-state index is -1.36. The number of cyclic esters (lactones) is 1. The first-order chi connectivity index (χ1) is 21.8. The first-order valence-electron chi connectivity index (χ1n) is 18.1. The Balaban J connectivity index is 2.10. The van der Waals surface area contributed by atoms with Crippen LogP contribution in [0.5, 0.6) is 0 Å². The molecule has 2 N–H and O–H groups in total. The number of aliphatic hydroxyl groups excluding tert-OH is 1. The fourth-order valence-electron chi connectivity index (χ4n) is 8.17. The summed E-state index contributed by atoms with van der Waals surface area (Å²) in [6, 6.07) is -0.0796. The molecule has 3 aliphatic rings. The van der Waals surface area contributed by atoms with Gasteiger partial charge in [-0.05, 0) is 106 Å². The van der Waals surface area contributed by atoms with Gasteiger partial charge < -0.3 is 38.8 Å². The van der Waals surface area contributed by atoms with Crippen molar-refractivity contribution >= 4 is 5.97 Å². The van der Waals surface area contributed by atoms with Crippen LogP contribution in [0.4, 0.5) is 0 Å². The number of nitrogens with zero attached hydrogens (tertiary/aromatic N) is 2. The second-order valence-electron chi connectivity index (χ2n) is 15.9. The van der Waals surface area contributed by atoms with Crippen LogP contribution >= 0.6 is 0 Å². The summed E-state index contributed by atoms with van der Waals surface area (Å²) in [5.74, 6) is -1.08. The van der Waals surface area contributed by atoms with Crippen LogP contribution in [0.2, 0.25) is 0 Å². The third kappa shape index (κ3) is 10.7. The van der Waals surface area contributed by atoms with Crippen molar-refractivity contribution in [2.24, 2.45) is 23.7 Å². The van der Waals surface area contributed by atoms with E-state index < -0.39 is 48.3 Å². The van der Waals surface area contributed by atoms with Crippen molar-refractivity contribution in [3.63, 3.8) is 0 Å². The van der Waals surface area contributed by atoms with Gasteiger partial charge in [-0.2, -0.15) is 0 Å². The third-order valence-electron chi connectivity index (χ3n) is 10.8. The number of carbonyl (C=O) groups is 1. The van der Waals surface area contributed by atoms with E-state index in [1.807, 2.05) is 60.5 Å². The van der Waals surface area contributed by atoms with E-state index in [0.29, 0.717) is 31.6 Å². The van der Waals surface area contributed by atoms with Gasteiger partial charge in [0.1, 0.15) is 12.2 Å². The molecule has 3 heterocycles. The molecule has 0 aromatic rings. The lowest BCUT2D eigenvalue weighted by molar-refractivity contribution is -0.307. The molecule has 10 heteroatoms. The summed E-state index contributed by atoms with van der Waals surface area (Å²) in [5, 5.41) is 23.9. The number of likely N-dealkylation sites (N-methyl/N-ethyl adjacent to an activating group) is 2. The van der Waals surface area contributed by atoms with E-state index in [-0.39, 0.29) is 42.3 Å². The van der Waals surface area contributed by atoms with Crippen LogP contribution in [-0.4, -0.2) is 121 Å². The van der Waals surface area contributed by atoms with E-state index in [1.54, 1.807) is 6.92 Å². The molecule has 3 aliphatic heterocycles. The number of hydrogen-bond acceptors (Lipinski definition) is 10. The number of ether oxygens (including phenoxy) is 5. The van der Waals surface area contributed by atoms with Crippen molar-refractivity contribution in [3.05, 3.63) is 11.6 Å². The molecule has 10 nitrogen and oxygen atoms in total. The van der Waals surface area contributed by atoms with Gasteiger partial charge in [-0.25, -0.2) is 0 Å². The van der Waals surface area contributed by atoms with Crippen LogP contribution in [0, 0.1) is 23.7 Å². The molecule has 2 fully saturated rings. The summed E-state index contributed by atoms with van der Waals surface area (Å²) >= 11 is 0. The lowest BCUT2D eigenvalue weighted by Gasteiger charge is -2.47. The van der Waals surface area contributed by atoms with E-state index in [0.717, 1.165) is 18.5 Å². The van der Waals surface area contributed by atoms with Gasteiger partial charge in [0.2, 0.25) is 0 Å². The van der Waals surface area contributed by atoms with E-state index in [9.17, 15) is 15.0 Å². The molecule has 0 aromatic carbocycles. The summed E-state index contributed by atoms with van der Waals surface area (Å²) < 4.78 is 32.2. The highest BCUT2D eigenvalue weighted by Gasteiger charge is 2.49. The van der Waals surface area contributed by atoms with Gasteiger partial charge in [0, 0.05) is 31.0 Å². The molecule has 0 spiro atoms. The van der Waals surface area contributed by atoms with Crippen molar-refractivity contribution in [1.82, 2.24) is 9.80 Å². The lowest BCUT2D eigenvalue weighted by atomic mass is 9.77. The maximum Gasteiger partial charge on any atom is 0.311 e. The van der Waals surface area contributed by atoms with Gasteiger partial charge >= 0.3 is 5.97 Å². The molecule has 274 valence electrons. The second-order valence-corrected chi connectivity index (χ2v) is 15.9. The van der Waals surface area contributed by atoms with E-state index in [1.165, 1.54) is 0 Å². The zero-order chi connectivity index (χ0) is 35.4. The Morgan fingerprint density at radius 3 is 2.23 bits per heavy atom. The molecular formula is C37H68N2O8. The van der Waals surface area contributed by atoms with Gasteiger partial charge in [0.25, 0.3) is 0 Å². The van der Waals surface area contributed by atoms with Gasteiger partial charge in [-0.3, -0.25) is 9.69 Å². The van der Waals surface area contributed by atoms with Gasteiger partial charge in [0.15, 0.2) is 12.6 Å². The Hall–Kier alpha value is -1.11. The van der Waals surface area contributed by atoms with Crippen molar-refractivity contribution in [2.45, 2.75) is 168 Å². The molecule has 0 saturated carbocycles. The third-order valence-corrected chi connectivity index (χ3v) is 10.8. The normalized spacial score (nSPS) is 46.6. The SMILES string of the molecule is CC[C@H]1OC(=O)[C@H](C)[C@@H](O[C@H]2C[C@H](C)C[C@H](C)O2)[C@H](C)[C@@H](O[C@@H]2O[C@H](C)C[C@H](N(C)C)[C@H]2O)[C@](C)(O)C[C@@H](C)CN(C)[C@H](C)/C=C/1C. The fourth-order valence-corrected chi connectivity index (χ4v) is 8.17. The van der Waals surface area contributed by atoms with Crippen molar-refractivity contribution < 1.29 is 38.7 Å². The summed E-state index contributed by atoms with van der Waals surface area (Å²) in [7, 11) is 5.96. The molecule has 3 rings (SSSR count). The Morgan fingerprint density at radius 2 is 1.64 bits per heavy atom. The summed E-state index contributed by atoms with van der Waals surface area (Å²) in [6.07, 6.45) is 1.03. The Labute approximate surface area is 285 Å². The van der Waals surface area contributed by atoms with Gasteiger partial charge in [-0.15, -0.1) is 0 Å². The van der Waals surface area contributed by atoms with E-state index >= 15 is 0 Å². The smallest absolute Gasteiger partial charge is 0.311 e. The maximum absolute atomic E-state index is 14.0. The van der Waals surface area contributed by atoms with Crippen molar-refractivity contribution in [1.29, 1.82) is 0 Å². The first-order valence-corrected chi connectivity index (χ1v) is 18.1. The molecule has 15 atom stereocenters. The molecular weight excluding hydrogens is 600 g/mol. The van der Waals surface area contributed by atoms with Crippen molar-refractivity contribution in [2.75, 3.05) is 27.7 Å². The van der Waals surface area contributed by atoms with Crippen LogP contribution in [0.25, 0.3) is 0 Å². The van der Waals surface area contributed by atoms with Crippen LogP contribution in [0.1, 0.15) is 101 Å². The Morgan fingerprint density at radius 1 is 1.00 bits per heavy atom. The largest absolute Gasteiger partial charge is 0.458 e. The van der Waals surface area contributed by atoms with Crippen molar-refractivity contribution in [3.8, 4) is 0 Å². The number of rotatable bonds is 6. The summed E-state index contributed by atoms with van der Waals surface area (Å²) in [6.45, 7) is 20.9. The first kappa shape index (κ1) is 40.3. The van der Waals surface area contributed by atoms with Gasteiger partial charge in [0.05, 0.1) is 35.9 Å². The molecule has 0 bridgehead atoms. The topological polar surface area (TPSA) is 110 Å². The molecule has 0 radical (unpaired) electrons. The van der Waals surface area contributed by atoms with Crippen LogP contribution in [-0.2, 0) is 28.5 Å². The van der Waals surface area contributed by atoms with E-state index in [4.69, 9.17) is 23.7 Å². The highest BCUT2D eigenvalue weighted by atomic mass is 16.7. The Bertz CT molecular complexity index is 1010. The maximum atomic E-state index is 14.0. The second kappa shape index (κ2) is 17.2. The van der Waals surface area contributed by atoms with Crippen LogP contribution < -0.4 is 0 Å². The number of hydrogen-bond donors (Lipinski definition) is 2. The number of esters is 1. The zero-order valence-electron chi connectivity index (χ0n) is 31.6. The summed E-state index contributed by atoms with van der Waals surface area (Å²) in [4.78, 5) is 18.3. The highest BCUT2D eigenvalue weighted by molar-refractivity contribution is 5.73. The fraction of sp³-hybridized carbons (Fsp3) is 0.919. The summed E-state index contributed by atoms with van der Waals surface area (Å²) in [5.41, 5.74) is -0.350. The number of aliphatic hydroxyl groups is 2. The molecule has 47 heavy (non-hydrogen) atoms. The molecule has 0 aliphatic carbocycles. The minimum Gasteiger partial charge on any atom is -0.458 e. The highest BCUT2D eigenvalue weighted by Crippen LogP contribution is 2.38. The monoisotopic (exact) mass is 668 g/mol. The molecule has 0 aromatic heterocycles. The van der Waals surface area contributed by atoms with Crippen LogP contribution in [0.3, 0.4) is 0 Å². The molecule has 0 unspecified atom stereocenters. The van der Waals surface area contributed by atoms with E-state index in [2.05, 4.69) is 38.8 Å². The predicted molar refractivity (Wildman–Crippen MR) is 184 cm³/mol. The number of carbonyl (C=O) groups excluding carboxylic acids is 1. The average Bonchev–Trinajstić information content (AvgIpc) is 2.96. The lowest BCUT2D eigenvalue weighted by Crippen LogP contribution is -2.59.